The van der Waals surface area contributed by atoms with Gasteiger partial charge in [0.25, 0.3) is 0 Å². The van der Waals surface area contributed by atoms with Crippen molar-refractivity contribution in [3.05, 3.63) is 35.1 Å². The molecule has 0 amide bonds. The van der Waals surface area contributed by atoms with Gasteiger partial charge in [-0.15, -0.1) is 0 Å². The van der Waals surface area contributed by atoms with Crippen molar-refractivity contribution in [3.8, 4) is 11.3 Å². The molecule has 19 heavy (non-hydrogen) atoms. The molecule has 0 saturated carbocycles. The molecule has 2 aromatic rings. The maximum atomic E-state index is 13.1. The molecule has 1 aromatic heterocycles. The Labute approximate surface area is 115 Å². The Balaban J connectivity index is 1.86. The average Bonchev–Trinajstić information content (AvgIpc) is 3.01. The summed E-state index contributed by atoms with van der Waals surface area (Å²) in [5, 5.41) is 7.32. The number of aromatic amines is 1. The topological polar surface area (TPSA) is 57.9 Å². The summed E-state index contributed by atoms with van der Waals surface area (Å²) in [5.74, 6) is 0.444. The number of benzene rings is 1. The standard InChI is InChI=1S/C13H14ClFN4/c14-10-5-8(1-2-11(10)15)12-6-13(18-17-12)19-4-3-9(16)7-19/h1-2,5-6,9H,3-4,7,16H2,(H,17,18). The molecular formula is C13H14ClFN4. The molecule has 4 nitrogen and oxygen atoms in total. The quantitative estimate of drug-likeness (QED) is 0.888. The van der Waals surface area contributed by atoms with E-state index in [0.717, 1.165) is 36.6 Å². The molecule has 0 bridgehead atoms. The molecule has 1 saturated heterocycles. The highest BCUT2D eigenvalue weighted by atomic mass is 35.5. The van der Waals surface area contributed by atoms with Crippen LogP contribution < -0.4 is 10.6 Å². The van der Waals surface area contributed by atoms with E-state index < -0.39 is 5.82 Å². The van der Waals surface area contributed by atoms with Crippen LogP contribution in [0.2, 0.25) is 5.02 Å². The number of aromatic nitrogens is 2. The fraction of sp³-hybridized carbons (Fsp3) is 0.308. The maximum Gasteiger partial charge on any atom is 0.151 e. The van der Waals surface area contributed by atoms with E-state index in [2.05, 4.69) is 15.1 Å². The summed E-state index contributed by atoms with van der Waals surface area (Å²) in [6.07, 6.45) is 0.977. The zero-order chi connectivity index (χ0) is 13.4. The maximum absolute atomic E-state index is 13.1. The van der Waals surface area contributed by atoms with Gasteiger partial charge in [-0.25, -0.2) is 4.39 Å². The molecule has 2 heterocycles. The van der Waals surface area contributed by atoms with Crippen LogP contribution in [0.3, 0.4) is 0 Å². The van der Waals surface area contributed by atoms with E-state index in [1.807, 2.05) is 6.07 Å². The lowest BCUT2D eigenvalue weighted by Gasteiger charge is -2.13. The van der Waals surface area contributed by atoms with Crippen LogP contribution in [0, 0.1) is 5.82 Å². The lowest BCUT2D eigenvalue weighted by atomic mass is 10.1. The van der Waals surface area contributed by atoms with Crippen molar-refractivity contribution in [3.63, 3.8) is 0 Å². The van der Waals surface area contributed by atoms with Crippen LogP contribution in [0.15, 0.2) is 24.3 Å². The summed E-state index contributed by atoms with van der Waals surface area (Å²) in [6, 6.07) is 6.75. The number of anilines is 1. The van der Waals surface area contributed by atoms with Gasteiger partial charge in [-0.2, -0.15) is 5.10 Å². The fourth-order valence-corrected chi connectivity index (χ4v) is 2.46. The number of nitrogens with one attached hydrogen (secondary N) is 1. The number of nitrogens with two attached hydrogens (primary N) is 1. The summed E-state index contributed by atoms with van der Waals surface area (Å²) in [5.41, 5.74) is 7.51. The lowest BCUT2D eigenvalue weighted by molar-refractivity contribution is 0.628. The van der Waals surface area contributed by atoms with E-state index >= 15 is 0 Å². The Morgan fingerprint density at radius 2 is 2.26 bits per heavy atom. The monoisotopic (exact) mass is 280 g/mol. The van der Waals surface area contributed by atoms with Crippen LogP contribution in [0.4, 0.5) is 10.2 Å². The number of hydrogen-bond acceptors (Lipinski definition) is 3. The minimum absolute atomic E-state index is 0.108. The number of nitrogens with zero attached hydrogens (tertiary/aromatic N) is 2. The van der Waals surface area contributed by atoms with Gasteiger partial charge in [0.15, 0.2) is 5.82 Å². The Hall–Kier alpha value is -1.59. The third-order valence-electron chi connectivity index (χ3n) is 3.34. The number of hydrogen-bond donors (Lipinski definition) is 2. The Morgan fingerprint density at radius 1 is 1.42 bits per heavy atom. The van der Waals surface area contributed by atoms with Gasteiger partial charge < -0.3 is 10.6 Å². The van der Waals surface area contributed by atoms with Gasteiger partial charge in [0.1, 0.15) is 5.82 Å². The zero-order valence-corrected chi connectivity index (χ0v) is 11.0. The van der Waals surface area contributed by atoms with E-state index in [4.69, 9.17) is 17.3 Å². The molecule has 1 fully saturated rings. The van der Waals surface area contributed by atoms with Crippen LogP contribution >= 0.6 is 11.6 Å². The van der Waals surface area contributed by atoms with Gasteiger partial charge in [-0.3, -0.25) is 5.10 Å². The summed E-state index contributed by atoms with van der Waals surface area (Å²) in [4.78, 5) is 2.13. The molecule has 0 radical (unpaired) electrons. The predicted molar refractivity (Wildman–Crippen MR) is 73.8 cm³/mol. The number of halogens is 2. The lowest BCUT2D eigenvalue weighted by Crippen LogP contribution is -2.26. The first-order chi connectivity index (χ1) is 9.13. The van der Waals surface area contributed by atoms with Crippen LogP contribution in [-0.2, 0) is 0 Å². The largest absolute Gasteiger partial charge is 0.354 e. The smallest absolute Gasteiger partial charge is 0.151 e. The molecule has 1 aliphatic rings. The molecule has 1 atom stereocenters. The fourth-order valence-electron chi connectivity index (χ4n) is 2.28. The first-order valence-electron chi connectivity index (χ1n) is 6.15. The minimum atomic E-state index is -0.421. The van der Waals surface area contributed by atoms with E-state index in [1.54, 1.807) is 12.1 Å². The predicted octanol–water partition coefficient (Wildman–Crippen LogP) is 2.41. The van der Waals surface area contributed by atoms with Gasteiger partial charge in [-0.05, 0) is 24.6 Å². The zero-order valence-electron chi connectivity index (χ0n) is 10.2. The van der Waals surface area contributed by atoms with Crippen LogP contribution in [0.25, 0.3) is 11.3 Å². The molecule has 100 valence electrons. The minimum Gasteiger partial charge on any atom is -0.354 e. The highest BCUT2D eigenvalue weighted by molar-refractivity contribution is 6.31. The van der Waals surface area contributed by atoms with Crippen molar-refractivity contribution in [1.82, 2.24) is 10.2 Å². The van der Waals surface area contributed by atoms with Crippen molar-refractivity contribution in [2.45, 2.75) is 12.5 Å². The highest BCUT2D eigenvalue weighted by Crippen LogP contribution is 2.27. The second-order valence-electron chi connectivity index (χ2n) is 4.76. The summed E-state index contributed by atoms with van der Waals surface area (Å²) in [6.45, 7) is 1.73. The molecule has 3 N–H and O–H groups in total. The van der Waals surface area contributed by atoms with E-state index in [0.29, 0.717) is 0 Å². The molecule has 3 rings (SSSR count). The van der Waals surface area contributed by atoms with Crippen molar-refractivity contribution in [1.29, 1.82) is 0 Å². The van der Waals surface area contributed by atoms with Crippen LogP contribution in [0.1, 0.15) is 6.42 Å². The summed E-state index contributed by atoms with van der Waals surface area (Å²) in [7, 11) is 0. The van der Waals surface area contributed by atoms with Crippen LogP contribution in [0.5, 0.6) is 0 Å². The van der Waals surface area contributed by atoms with E-state index in [1.165, 1.54) is 6.07 Å². The van der Waals surface area contributed by atoms with Crippen LogP contribution in [-0.4, -0.2) is 29.3 Å². The first kappa shape index (κ1) is 12.4. The Morgan fingerprint density at radius 3 is 2.95 bits per heavy atom. The number of H-pyrrole nitrogens is 1. The third kappa shape index (κ3) is 2.43. The highest BCUT2D eigenvalue weighted by Gasteiger charge is 2.21. The first-order valence-corrected chi connectivity index (χ1v) is 6.52. The summed E-state index contributed by atoms with van der Waals surface area (Å²) < 4.78 is 13.1. The van der Waals surface area contributed by atoms with Gasteiger partial charge in [0, 0.05) is 30.8 Å². The molecule has 0 spiro atoms. The van der Waals surface area contributed by atoms with Crippen molar-refractivity contribution < 1.29 is 4.39 Å². The van der Waals surface area contributed by atoms with E-state index in [9.17, 15) is 4.39 Å². The SMILES string of the molecule is NC1CCN(c2cc(-c3ccc(F)c(Cl)c3)[nH]n2)C1. The Kier molecular flexibility index (Phi) is 3.16. The van der Waals surface area contributed by atoms with Gasteiger partial charge in [-0.1, -0.05) is 11.6 Å². The van der Waals surface area contributed by atoms with Gasteiger partial charge >= 0.3 is 0 Å². The molecule has 1 unspecified atom stereocenters. The normalized spacial score (nSPS) is 19.1. The second kappa shape index (κ2) is 4.83. The average molecular weight is 281 g/mol. The van der Waals surface area contributed by atoms with E-state index in [-0.39, 0.29) is 11.1 Å². The molecular weight excluding hydrogens is 267 g/mol. The van der Waals surface area contributed by atoms with Crippen molar-refractivity contribution >= 4 is 17.4 Å². The van der Waals surface area contributed by atoms with Crippen molar-refractivity contribution in [2.75, 3.05) is 18.0 Å². The molecule has 6 heteroatoms. The third-order valence-corrected chi connectivity index (χ3v) is 3.63. The molecule has 1 aliphatic heterocycles. The Bertz CT molecular complexity index is 598. The number of rotatable bonds is 2. The molecule has 0 aliphatic carbocycles. The second-order valence-corrected chi connectivity index (χ2v) is 5.17. The van der Waals surface area contributed by atoms with Gasteiger partial charge in [0.2, 0.25) is 0 Å². The molecule has 1 aromatic carbocycles. The summed E-state index contributed by atoms with van der Waals surface area (Å²) >= 11 is 5.78. The van der Waals surface area contributed by atoms with Crippen molar-refractivity contribution in [2.24, 2.45) is 5.73 Å². The van der Waals surface area contributed by atoms with Gasteiger partial charge in [0.05, 0.1) is 10.7 Å².